The van der Waals surface area contributed by atoms with Gasteiger partial charge in [-0.25, -0.2) is 18.7 Å². The van der Waals surface area contributed by atoms with Crippen LogP contribution in [-0.2, 0) is 18.4 Å². The molecule has 1 amide bonds. The topological polar surface area (TPSA) is 72.1 Å². The zero-order valence-electron chi connectivity index (χ0n) is 22.7. The van der Waals surface area contributed by atoms with Gasteiger partial charge >= 0.3 is 0 Å². The van der Waals surface area contributed by atoms with E-state index in [0.29, 0.717) is 23.0 Å². The molecule has 2 aliphatic heterocycles. The summed E-state index contributed by atoms with van der Waals surface area (Å²) in [6.07, 6.45) is 2.49. The maximum absolute atomic E-state index is 14.4. The van der Waals surface area contributed by atoms with Crippen molar-refractivity contribution in [3.63, 3.8) is 0 Å². The van der Waals surface area contributed by atoms with Crippen molar-refractivity contribution in [1.82, 2.24) is 34.1 Å². The van der Waals surface area contributed by atoms with Crippen molar-refractivity contribution in [3.05, 3.63) is 53.7 Å². The Balaban J connectivity index is 1.54. The maximum Gasteiger partial charge on any atom is 0.265 e. The van der Waals surface area contributed by atoms with Gasteiger partial charge in [0.2, 0.25) is 5.91 Å². The molecule has 10 heteroatoms. The highest BCUT2D eigenvalue weighted by atomic mass is 19.3. The molecular formula is C29H33F2N7O. The van der Waals surface area contributed by atoms with Gasteiger partial charge in [-0.3, -0.25) is 9.48 Å². The summed E-state index contributed by atoms with van der Waals surface area (Å²) in [5, 5.41) is 4.77. The lowest BCUT2D eigenvalue weighted by atomic mass is 9.95. The molecule has 6 rings (SSSR count). The fourth-order valence-electron chi connectivity index (χ4n) is 6.17. The highest BCUT2D eigenvalue weighted by Crippen LogP contribution is 2.41. The molecule has 0 unspecified atom stereocenters. The largest absolute Gasteiger partial charge is 0.338 e. The summed E-state index contributed by atoms with van der Waals surface area (Å²) in [4.78, 5) is 27.1. The number of imidazole rings is 1. The standard InChI is InChI=1S/C29H33F2N7O/c1-5-37-11-9-18(10-12-37)28-34-26(24-16-35(3)29(39)17(2)38(24)28)20-7-6-8-23-21(20)13-22(27(30)31)25(33-23)19-14-32-36(4)15-19/h6-8,13-15,17-18,27H,5,9-12,16H2,1-4H3/t17-/m0/s1. The van der Waals surface area contributed by atoms with E-state index < -0.39 is 6.43 Å². The lowest BCUT2D eigenvalue weighted by Gasteiger charge is -2.34. The van der Waals surface area contributed by atoms with Crippen molar-refractivity contribution < 1.29 is 13.6 Å². The van der Waals surface area contributed by atoms with Crippen molar-refractivity contribution in [3.8, 4) is 22.5 Å². The van der Waals surface area contributed by atoms with Gasteiger partial charge in [0.05, 0.1) is 35.3 Å². The molecule has 8 nitrogen and oxygen atoms in total. The lowest BCUT2D eigenvalue weighted by molar-refractivity contribution is -0.135. The van der Waals surface area contributed by atoms with Crippen LogP contribution < -0.4 is 0 Å². The third-order valence-corrected chi connectivity index (χ3v) is 8.30. The molecule has 0 saturated carbocycles. The average molecular weight is 534 g/mol. The summed E-state index contributed by atoms with van der Waals surface area (Å²) >= 11 is 0. The minimum Gasteiger partial charge on any atom is -0.338 e. The number of rotatable bonds is 5. The van der Waals surface area contributed by atoms with Crippen molar-refractivity contribution in [1.29, 1.82) is 0 Å². The van der Waals surface area contributed by atoms with E-state index in [4.69, 9.17) is 9.97 Å². The first-order chi connectivity index (χ1) is 18.8. The van der Waals surface area contributed by atoms with Crippen molar-refractivity contribution in [2.24, 2.45) is 7.05 Å². The summed E-state index contributed by atoms with van der Waals surface area (Å²) in [5.74, 6) is 1.22. The second-order valence-electron chi connectivity index (χ2n) is 10.7. The third kappa shape index (κ3) is 4.30. The number of fused-ring (bicyclic) bond motifs is 2. The number of hydrogen-bond donors (Lipinski definition) is 0. The van der Waals surface area contributed by atoms with Gasteiger partial charge in [0, 0.05) is 48.3 Å². The van der Waals surface area contributed by atoms with Crippen LogP contribution in [0.15, 0.2) is 36.7 Å². The molecule has 0 bridgehead atoms. The van der Waals surface area contributed by atoms with Crippen LogP contribution in [0.25, 0.3) is 33.4 Å². The van der Waals surface area contributed by atoms with Gasteiger partial charge in [-0.05, 0) is 51.5 Å². The van der Waals surface area contributed by atoms with Crippen LogP contribution in [0.3, 0.4) is 0 Å². The predicted molar refractivity (Wildman–Crippen MR) is 145 cm³/mol. The number of likely N-dealkylation sites (tertiary alicyclic amines) is 1. The quantitative estimate of drug-likeness (QED) is 0.354. The van der Waals surface area contributed by atoms with E-state index in [2.05, 4.69) is 21.5 Å². The number of likely N-dealkylation sites (N-methyl/N-ethyl adjacent to an activating group) is 1. The van der Waals surface area contributed by atoms with Crippen molar-refractivity contribution >= 4 is 16.8 Å². The monoisotopic (exact) mass is 533 g/mol. The Labute approximate surface area is 226 Å². The van der Waals surface area contributed by atoms with Crippen LogP contribution in [0.4, 0.5) is 8.78 Å². The van der Waals surface area contributed by atoms with Crippen LogP contribution in [-0.4, -0.2) is 66.7 Å². The smallest absolute Gasteiger partial charge is 0.265 e. The number of piperidine rings is 1. The molecule has 1 atom stereocenters. The molecule has 2 aliphatic rings. The number of pyridine rings is 1. The maximum atomic E-state index is 14.4. The van der Waals surface area contributed by atoms with E-state index in [0.717, 1.165) is 55.3 Å². The highest BCUT2D eigenvalue weighted by Gasteiger charge is 2.36. The van der Waals surface area contributed by atoms with Crippen LogP contribution in [0, 0.1) is 0 Å². The Morgan fingerprint density at radius 1 is 1.10 bits per heavy atom. The first-order valence-electron chi connectivity index (χ1n) is 13.6. The van der Waals surface area contributed by atoms with E-state index in [9.17, 15) is 13.6 Å². The number of carbonyl (C=O) groups excluding carboxylic acids is 1. The molecule has 1 fully saturated rings. The van der Waals surface area contributed by atoms with E-state index in [-0.39, 0.29) is 29.1 Å². The molecule has 204 valence electrons. The van der Waals surface area contributed by atoms with Gasteiger partial charge in [-0.2, -0.15) is 5.10 Å². The lowest BCUT2D eigenvalue weighted by Crippen LogP contribution is -2.40. The predicted octanol–water partition coefficient (Wildman–Crippen LogP) is 5.17. The Morgan fingerprint density at radius 2 is 1.87 bits per heavy atom. The normalized spacial score (nSPS) is 18.9. The fourth-order valence-corrected chi connectivity index (χ4v) is 6.17. The molecule has 0 N–H and O–H groups in total. The number of hydrogen-bond acceptors (Lipinski definition) is 5. The van der Waals surface area contributed by atoms with Crippen molar-refractivity contribution in [2.75, 3.05) is 26.7 Å². The number of nitrogens with zero attached hydrogens (tertiary/aromatic N) is 7. The third-order valence-electron chi connectivity index (χ3n) is 8.30. The summed E-state index contributed by atoms with van der Waals surface area (Å²) in [7, 11) is 3.55. The molecule has 1 saturated heterocycles. The van der Waals surface area contributed by atoms with Gasteiger partial charge in [-0.15, -0.1) is 0 Å². The van der Waals surface area contributed by atoms with E-state index in [1.165, 1.54) is 0 Å². The number of aromatic nitrogens is 5. The molecular weight excluding hydrogens is 500 g/mol. The Morgan fingerprint density at radius 3 is 2.54 bits per heavy atom. The fraction of sp³-hybridized carbons (Fsp3) is 0.448. The minimum absolute atomic E-state index is 0.0550. The Hall–Kier alpha value is -3.66. The number of benzene rings is 1. The van der Waals surface area contributed by atoms with Gasteiger partial charge in [0.1, 0.15) is 11.9 Å². The van der Waals surface area contributed by atoms with E-state index >= 15 is 0 Å². The number of halogens is 2. The highest BCUT2D eigenvalue weighted by molar-refractivity contribution is 5.96. The van der Waals surface area contributed by atoms with Crippen LogP contribution in [0.2, 0.25) is 0 Å². The summed E-state index contributed by atoms with van der Waals surface area (Å²) in [5.41, 5.74) is 3.71. The van der Waals surface area contributed by atoms with Crippen LogP contribution in [0.1, 0.15) is 62.2 Å². The summed E-state index contributed by atoms with van der Waals surface area (Å²) in [6.45, 7) is 7.53. The Bertz CT molecular complexity index is 1550. The van der Waals surface area contributed by atoms with Crippen LogP contribution >= 0.6 is 0 Å². The van der Waals surface area contributed by atoms with Crippen LogP contribution in [0.5, 0.6) is 0 Å². The first-order valence-corrected chi connectivity index (χ1v) is 13.6. The number of alkyl halides is 2. The Kier molecular flexibility index (Phi) is 6.45. The van der Waals surface area contributed by atoms with Gasteiger partial charge in [0.25, 0.3) is 6.43 Å². The minimum atomic E-state index is -2.70. The summed E-state index contributed by atoms with van der Waals surface area (Å²) < 4.78 is 32.4. The second kappa shape index (κ2) is 9.82. The SMILES string of the molecule is CCN1CCC(c2nc(-c3cccc4nc(-c5cnn(C)c5)c(C(F)F)cc34)c3n2[C@@H](C)C(=O)N(C)C3)CC1. The van der Waals surface area contributed by atoms with Gasteiger partial charge < -0.3 is 14.4 Å². The van der Waals surface area contributed by atoms with Crippen molar-refractivity contribution in [2.45, 2.75) is 51.6 Å². The number of carbonyl (C=O) groups is 1. The second-order valence-corrected chi connectivity index (χ2v) is 10.7. The number of amides is 1. The van der Waals surface area contributed by atoms with E-state index in [1.807, 2.05) is 25.1 Å². The molecule has 0 spiro atoms. The zero-order valence-corrected chi connectivity index (χ0v) is 22.7. The molecule has 4 aromatic rings. The molecule has 39 heavy (non-hydrogen) atoms. The van der Waals surface area contributed by atoms with E-state index in [1.54, 1.807) is 42.1 Å². The zero-order chi connectivity index (χ0) is 27.4. The first kappa shape index (κ1) is 25.6. The molecule has 0 radical (unpaired) electrons. The number of aryl methyl sites for hydroxylation is 1. The molecule has 5 heterocycles. The molecule has 0 aliphatic carbocycles. The van der Waals surface area contributed by atoms with Gasteiger partial charge in [-0.1, -0.05) is 19.1 Å². The summed E-state index contributed by atoms with van der Waals surface area (Å²) in [6, 6.07) is 6.84. The molecule has 3 aromatic heterocycles. The molecule has 1 aromatic carbocycles. The van der Waals surface area contributed by atoms with Gasteiger partial charge in [0.15, 0.2) is 0 Å². The average Bonchev–Trinajstić information content (AvgIpc) is 3.54.